The van der Waals surface area contributed by atoms with Crippen molar-refractivity contribution in [2.45, 2.75) is 66.3 Å². The van der Waals surface area contributed by atoms with Crippen LogP contribution in [0.25, 0.3) is 21.6 Å². The number of methoxy groups -OCH3 is 2. The van der Waals surface area contributed by atoms with Crippen LogP contribution in [0.4, 0.5) is 4.79 Å². The van der Waals surface area contributed by atoms with Gasteiger partial charge in [0, 0.05) is 63.6 Å². The van der Waals surface area contributed by atoms with Crippen LogP contribution in [-0.2, 0) is 57.0 Å². The molecule has 2 aromatic carbocycles. The fourth-order valence-electron chi connectivity index (χ4n) is 7.38. The van der Waals surface area contributed by atoms with E-state index in [1.54, 1.807) is 42.1 Å². The van der Waals surface area contributed by atoms with Crippen LogP contribution in [0.15, 0.2) is 52.9 Å². The summed E-state index contributed by atoms with van der Waals surface area (Å²) in [5.41, 5.74) is 9.20. The molecule has 1 atom stereocenters. The zero-order valence-corrected chi connectivity index (χ0v) is 41.8. The van der Waals surface area contributed by atoms with E-state index in [2.05, 4.69) is 53.8 Å². The number of hydrogen-bond donors (Lipinski definition) is 4. The molecular weight excluding hydrogens is 893 g/mol. The Bertz CT molecular complexity index is 2290. The Balaban J connectivity index is 0.000000415. The van der Waals surface area contributed by atoms with Gasteiger partial charge >= 0.3 is 6.03 Å². The summed E-state index contributed by atoms with van der Waals surface area (Å²) in [6.45, 7) is 11.6. The van der Waals surface area contributed by atoms with Crippen molar-refractivity contribution in [3.63, 3.8) is 0 Å². The minimum Gasteiger partial charge on any atom is -0.496 e. The number of urea groups is 1. The van der Waals surface area contributed by atoms with E-state index in [9.17, 15) is 29.1 Å². The molecule has 2 aliphatic rings. The Morgan fingerprint density at radius 3 is 2.22 bits per heavy atom. The first kappa shape index (κ1) is 54.7. The third-order valence-electron chi connectivity index (χ3n) is 10.7. The summed E-state index contributed by atoms with van der Waals surface area (Å²) >= 11 is 1.64. The maximum Gasteiger partial charge on any atom is 0.317 e. The smallest absolute Gasteiger partial charge is 0.317 e. The van der Waals surface area contributed by atoms with Crippen molar-refractivity contribution in [2.75, 3.05) is 87.5 Å². The number of aliphatic hydroxyl groups is 1. The number of ether oxygens (including phenoxy) is 4. The Hall–Kier alpha value is -5.86. The fourth-order valence-corrected chi connectivity index (χ4v) is 8.19. The summed E-state index contributed by atoms with van der Waals surface area (Å²) in [5.74, 6) is 1.56. The molecule has 4 N–H and O–H groups in total. The van der Waals surface area contributed by atoms with Crippen LogP contribution in [-0.4, -0.2) is 147 Å². The first-order valence-corrected chi connectivity index (χ1v) is 23.6. The van der Waals surface area contributed by atoms with Gasteiger partial charge in [0.15, 0.2) is 0 Å². The normalized spacial score (nSPS) is 14.0. The number of likely N-dealkylation sites (tertiary alicyclic amines) is 1. The summed E-state index contributed by atoms with van der Waals surface area (Å²) in [5, 5.41) is 17.5. The highest BCUT2D eigenvalue weighted by atomic mass is 32.1. The number of amides is 5. The van der Waals surface area contributed by atoms with Crippen molar-refractivity contribution < 1.29 is 43.2 Å². The van der Waals surface area contributed by atoms with Crippen LogP contribution in [0.1, 0.15) is 55.1 Å². The van der Waals surface area contributed by atoms with Crippen molar-refractivity contribution in [1.29, 1.82) is 0 Å². The van der Waals surface area contributed by atoms with E-state index in [0.717, 1.165) is 39.4 Å². The lowest BCUT2D eigenvalue weighted by atomic mass is 9.91. The summed E-state index contributed by atoms with van der Waals surface area (Å²) in [6, 6.07) is 11.8. The number of nitrogens with zero attached hydrogens (tertiary/aromatic N) is 5. The number of fused-ring (bicyclic) bond motifs is 1. The van der Waals surface area contributed by atoms with Crippen LogP contribution in [0.3, 0.4) is 0 Å². The molecule has 2 aromatic heterocycles. The van der Waals surface area contributed by atoms with Gasteiger partial charge < -0.3 is 59.3 Å². The van der Waals surface area contributed by atoms with E-state index in [0.29, 0.717) is 62.5 Å². The average Bonchev–Trinajstić information content (AvgIpc) is 3.97. The zero-order valence-electron chi connectivity index (χ0n) is 41.0. The van der Waals surface area contributed by atoms with Gasteiger partial charge in [-0.05, 0) is 74.2 Å². The van der Waals surface area contributed by atoms with Crippen LogP contribution in [0.2, 0.25) is 0 Å². The Labute approximate surface area is 403 Å². The number of aromatic nitrogens is 2. The van der Waals surface area contributed by atoms with Gasteiger partial charge in [-0.3, -0.25) is 19.2 Å². The van der Waals surface area contributed by atoms with Gasteiger partial charge in [0.25, 0.3) is 5.56 Å². The molecule has 6 rings (SSSR count). The highest BCUT2D eigenvalue weighted by Crippen LogP contribution is 2.38. The van der Waals surface area contributed by atoms with Crippen molar-refractivity contribution in [3.8, 4) is 33.1 Å². The lowest BCUT2D eigenvalue weighted by Gasteiger charge is -2.30. The zero-order chi connectivity index (χ0) is 49.8. The summed E-state index contributed by atoms with van der Waals surface area (Å²) < 4.78 is 23.8. The molecule has 19 heteroatoms. The second-order valence-corrected chi connectivity index (χ2v) is 18.2. The quantitative estimate of drug-likeness (QED) is 0.0779. The first-order chi connectivity index (χ1) is 32.6. The molecule has 1 unspecified atom stereocenters. The Morgan fingerprint density at radius 1 is 0.956 bits per heavy atom. The van der Waals surface area contributed by atoms with Gasteiger partial charge in [-0.1, -0.05) is 45.0 Å². The van der Waals surface area contributed by atoms with Gasteiger partial charge in [-0.15, -0.1) is 11.3 Å². The van der Waals surface area contributed by atoms with Crippen LogP contribution >= 0.6 is 11.3 Å². The van der Waals surface area contributed by atoms with Crippen molar-refractivity contribution >= 4 is 35.6 Å². The van der Waals surface area contributed by atoms with E-state index in [-0.39, 0.29) is 70.1 Å². The number of aliphatic hydroxyl groups excluding tert-OH is 1. The number of aryl methyl sites for hydroxylation is 2. The SMILES string of the molecule is CC(C)C.COc1cc(-c2cn(C)c(=O)c3c2CCN(C(=O)NCCOCCOCC(=O)NCC(=O)N2CCC(O)C2)C3)cc(OC)c1CN(C)C.Cc1ncsc1-c1ccc(CNC=O)cc1. The third-order valence-corrected chi connectivity index (χ3v) is 11.7. The number of hydrogen-bond acceptors (Lipinski definition) is 13. The predicted octanol–water partition coefficient (Wildman–Crippen LogP) is 3.97. The predicted molar refractivity (Wildman–Crippen MR) is 263 cm³/mol. The lowest BCUT2D eigenvalue weighted by molar-refractivity contribution is -0.133. The molecule has 4 heterocycles. The van der Waals surface area contributed by atoms with Gasteiger partial charge in [0.05, 0.1) is 74.9 Å². The number of β-amino-alcohol motifs (C(OH)–C–C–N with tert-alkyl or cyclic N) is 1. The van der Waals surface area contributed by atoms with E-state index in [1.807, 2.05) is 61.9 Å². The van der Waals surface area contributed by atoms with Crippen molar-refractivity contribution in [2.24, 2.45) is 13.0 Å². The maximum atomic E-state index is 13.2. The molecular formula is C49H70N8O10S. The van der Waals surface area contributed by atoms with Gasteiger partial charge in [-0.25, -0.2) is 9.78 Å². The minimum atomic E-state index is -0.507. The molecule has 4 aromatic rings. The molecule has 2 aliphatic heterocycles. The summed E-state index contributed by atoms with van der Waals surface area (Å²) in [4.78, 5) is 70.9. The average molecular weight is 963 g/mol. The molecule has 18 nitrogen and oxygen atoms in total. The van der Waals surface area contributed by atoms with E-state index in [1.165, 1.54) is 15.3 Å². The molecule has 372 valence electrons. The topological polar surface area (TPSA) is 206 Å². The second-order valence-electron chi connectivity index (χ2n) is 17.3. The van der Waals surface area contributed by atoms with Gasteiger partial charge in [0.1, 0.15) is 18.1 Å². The van der Waals surface area contributed by atoms with Crippen molar-refractivity contribution in [1.82, 2.24) is 40.2 Å². The molecule has 0 bridgehead atoms. The fraction of sp³-hybridized carbons (Fsp3) is 0.510. The summed E-state index contributed by atoms with van der Waals surface area (Å²) in [7, 11) is 8.91. The van der Waals surface area contributed by atoms with E-state index in [4.69, 9.17) is 18.9 Å². The number of benzene rings is 2. The number of thiazole rings is 1. The molecule has 0 saturated carbocycles. The monoisotopic (exact) mass is 962 g/mol. The van der Waals surface area contributed by atoms with Crippen LogP contribution < -0.4 is 31.0 Å². The largest absolute Gasteiger partial charge is 0.496 e. The summed E-state index contributed by atoms with van der Waals surface area (Å²) in [6.07, 6.45) is 3.08. The van der Waals surface area contributed by atoms with E-state index >= 15 is 0 Å². The number of pyridine rings is 1. The van der Waals surface area contributed by atoms with Crippen molar-refractivity contribution in [3.05, 3.63) is 86.4 Å². The molecule has 0 spiro atoms. The second kappa shape index (κ2) is 27.8. The Kier molecular flexibility index (Phi) is 22.4. The number of carbonyl (C=O) groups excluding carboxylic acids is 4. The number of rotatable bonds is 19. The number of carbonyl (C=O) groups is 4. The Morgan fingerprint density at radius 2 is 1.63 bits per heavy atom. The molecule has 5 amide bonds. The molecule has 68 heavy (non-hydrogen) atoms. The third kappa shape index (κ3) is 16.7. The molecule has 0 radical (unpaired) electrons. The minimum absolute atomic E-state index is 0.140. The lowest BCUT2D eigenvalue weighted by Crippen LogP contribution is -2.45. The first-order valence-electron chi connectivity index (χ1n) is 22.7. The molecule has 0 aliphatic carbocycles. The van der Waals surface area contributed by atoms with Crippen LogP contribution in [0.5, 0.6) is 11.5 Å². The van der Waals surface area contributed by atoms with Gasteiger partial charge in [0.2, 0.25) is 18.2 Å². The standard InChI is InChI=1S/C33H48N6O9.C12H12N2OS.C4H10/c1-36(2)18-27-28(45-4)14-22(15-29(27)46-5)25-19-37(3)32(43)26-20-39(10-7-24(25)26)33(44)34-8-11-47-12-13-48-21-30(41)35-16-31(42)38-9-6-23(40)17-38;1-9-12(16-8-14-9)11-4-2-10(3-5-11)6-13-7-15;1-4(2)3/h14-15,19,23,40H,6-13,16-18,20-21H2,1-5H3,(H,34,44)(H,35,41);2-5,7-8H,6H2,1H3,(H,13,15);4H,1-3H3. The van der Waals surface area contributed by atoms with E-state index < -0.39 is 12.0 Å². The molecule has 1 fully saturated rings. The number of nitrogens with one attached hydrogen (secondary N) is 3. The van der Waals surface area contributed by atoms with Gasteiger partial charge in [-0.2, -0.15) is 0 Å². The maximum absolute atomic E-state index is 13.2. The molecule has 1 saturated heterocycles. The highest BCUT2D eigenvalue weighted by Gasteiger charge is 2.28. The highest BCUT2D eigenvalue weighted by molar-refractivity contribution is 7.13. The van der Waals surface area contributed by atoms with Crippen LogP contribution in [0, 0.1) is 12.8 Å².